The van der Waals surface area contributed by atoms with Crippen LogP contribution in [0.4, 0.5) is 0 Å². The third-order valence-corrected chi connectivity index (χ3v) is 4.35. The smallest absolute Gasteiger partial charge is 0.319 e. The highest BCUT2D eigenvalue weighted by Crippen LogP contribution is 2.18. The number of carbonyl (C=O) groups excluding carboxylic acids is 1. The van der Waals surface area contributed by atoms with Crippen molar-refractivity contribution in [1.29, 1.82) is 0 Å². The van der Waals surface area contributed by atoms with Crippen LogP contribution in [0.25, 0.3) is 0 Å². The largest absolute Gasteiger partial charge is 0.465 e. The van der Waals surface area contributed by atoms with Crippen molar-refractivity contribution in [3.63, 3.8) is 0 Å². The summed E-state index contributed by atoms with van der Waals surface area (Å²) in [7, 11) is -2.95. The molecular formula is C10H20O4S2. The van der Waals surface area contributed by atoms with E-state index >= 15 is 0 Å². The first-order valence-electron chi connectivity index (χ1n) is 5.36. The van der Waals surface area contributed by atoms with Gasteiger partial charge in [-0.2, -0.15) is 0 Å². The summed E-state index contributed by atoms with van der Waals surface area (Å²) in [6.07, 6.45) is 2.81. The van der Waals surface area contributed by atoms with Gasteiger partial charge >= 0.3 is 5.97 Å². The van der Waals surface area contributed by atoms with Crippen molar-refractivity contribution in [3.05, 3.63) is 0 Å². The summed E-state index contributed by atoms with van der Waals surface area (Å²) in [6, 6.07) is 0. The SMILES string of the molecule is CCCC(SCCS(C)(=O)=O)C(=O)OCC. The van der Waals surface area contributed by atoms with Gasteiger partial charge in [-0.25, -0.2) is 8.42 Å². The Kier molecular flexibility index (Phi) is 7.83. The Bertz CT molecular complexity index is 298. The van der Waals surface area contributed by atoms with E-state index in [1.54, 1.807) is 6.92 Å². The average Bonchev–Trinajstić information content (AvgIpc) is 2.15. The molecule has 96 valence electrons. The Morgan fingerprint density at radius 3 is 2.44 bits per heavy atom. The summed E-state index contributed by atoms with van der Waals surface area (Å²) in [6.45, 7) is 4.12. The van der Waals surface area contributed by atoms with Crippen LogP contribution in [0.2, 0.25) is 0 Å². The van der Waals surface area contributed by atoms with E-state index < -0.39 is 9.84 Å². The highest BCUT2D eigenvalue weighted by molar-refractivity contribution is 8.01. The van der Waals surface area contributed by atoms with Crippen LogP contribution in [0.1, 0.15) is 26.7 Å². The molecule has 16 heavy (non-hydrogen) atoms. The molecule has 0 saturated carbocycles. The van der Waals surface area contributed by atoms with Gasteiger partial charge < -0.3 is 4.74 Å². The molecule has 0 rings (SSSR count). The van der Waals surface area contributed by atoms with Gasteiger partial charge in [-0.05, 0) is 13.3 Å². The minimum Gasteiger partial charge on any atom is -0.465 e. The van der Waals surface area contributed by atoms with E-state index in [1.807, 2.05) is 6.92 Å². The van der Waals surface area contributed by atoms with Crippen LogP contribution in [0.3, 0.4) is 0 Å². The van der Waals surface area contributed by atoms with Gasteiger partial charge in [-0.15, -0.1) is 11.8 Å². The number of carbonyl (C=O) groups is 1. The molecule has 0 heterocycles. The summed E-state index contributed by atoms with van der Waals surface area (Å²) < 4.78 is 26.8. The number of thioether (sulfide) groups is 1. The second kappa shape index (κ2) is 7.95. The minimum absolute atomic E-state index is 0.108. The molecule has 0 bridgehead atoms. The van der Waals surface area contributed by atoms with E-state index in [-0.39, 0.29) is 17.0 Å². The van der Waals surface area contributed by atoms with E-state index in [9.17, 15) is 13.2 Å². The molecule has 0 aliphatic rings. The van der Waals surface area contributed by atoms with Gasteiger partial charge in [0.15, 0.2) is 0 Å². The lowest BCUT2D eigenvalue weighted by Crippen LogP contribution is -2.21. The minimum atomic E-state index is -2.95. The quantitative estimate of drug-likeness (QED) is 0.624. The fourth-order valence-corrected chi connectivity index (χ4v) is 3.60. The fraction of sp³-hybridized carbons (Fsp3) is 0.900. The highest BCUT2D eigenvalue weighted by Gasteiger charge is 2.19. The van der Waals surface area contributed by atoms with Crippen molar-refractivity contribution >= 4 is 27.6 Å². The second-order valence-electron chi connectivity index (χ2n) is 3.53. The molecule has 4 nitrogen and oxygen atoms in total. The molecule has 0 aliphatic carbocycles. The predicted molar refractivity (Wildman–Crippen MR) is 67.5 cm³/mol. The summed E-state index contributed by atoms with van der Waals surface area (Å²) in [4.78, 5) is 11.5. The number of ether oxygens (including phenoxy) is 1. The number of sulfone groups is 1. The fourth-order valence-electron chi connectivity index (χ4n) is 1.11. The topological polar surface area (TPSA) is 60.4 Å². The zero-order valence-electron chi connectivity index (χ0n) is 10.1. The lowest BCUT2D eigenvalue weighted by molar-refractivity contribution is -0.142. The molecule has 0 aromatic heterocycles. The van der Waals surface area contributed by atoms with Crippen molar-refractivity contribution < 1.29 is 17.9 Å². The lowest BCUT2D eigenvalue weighted by atomic mass is 10.2. The van der Waals surface area contributed by atoms with Gasteiger partial charge in [-0.1, -0.05) is 13.3 Å². The van der Waals surface area contributed by atoms with Gasteiger partial charge in [0.2, 0.25) is 0 Å². The number of esters is 1. The summed E-state index contributed by atoms with van der Waals surface area (Å²) in [5.74, 6) is 0.322. The van der Waals surface area contributed by atoms with Crippen LogP contribution in [0.5, 0.6) is 0 Å². The molecule has 0 aromatic rings. The maximum absolute atomic E-state index is 11.5. The zero-order chi connectivity index (χ0) is 12.6. The number of hydrogen-bond acceptors (Lipinski definition) is 5. The Hall–Kier alpha value is -0.230. The Balaban J connectivity index is 4.08. The third-order valence-electron chi connectivity index (χ3n) is 1.87. The van der Waals surface area contributed by atoms with Crippen LogP contribution < -0.4 is 0 Å². The molecule has 0 spiro atoms. The van der Waals surface area contributed by atoms with Gasteiger partial charge in [-0.3, -0.25) is 4.79 Å². The summed E-state index contributed by atoms with van der Waals surface area (Å²) in [5.41, 5.74) is 0. The molecule has 6 heteroatoms. The van der Waals surface area contributed by atoms with Crippen molar-refractivity contribution in [2.24, 2.45) is 0 Å². The molecular weight excluding hydrogens is 248 g/mol. The molecule has 0 aliphatic heterocycles. The van der Waals surface area contributed by atoms with Crippen LogP contribution in [-0.4, -0.2) is 44.0 Å². The van der Waals surface area contributed by atoms with Gasteiger partial charge in [0.25, 0.3) is 0 Å². The van der Waals surface area contributed by atoms with Crippen LogP contribution in [0, 0.1) is 0 Å². The molecule has 0 fully saturated rings. The standard InChI is InChI=1S/C10H20O4S2/c1-4-6-9(10(11)14-5-2)15-7-8-16(3,12)13/h9H,4-8H2,1-3H3. The van der Waals surface area contributed by atoms with Crippen molar-refractivity contribution in [3.8, 4) is 0 Å². The molecule has 0 amide bonds. The highest BCUT2D eigenvalue weighted by atomic mass is 32.2. The molecule has 0 saturated heterocycles. The normalized spacial score (nSPS) is 13.4. The van der Waals surface area contributed by atoms with E-state index in [0.717, 1.165) is 12.8 Å². The molecule has 0 aromatic carbocycles. The average molecular weight is 268 g/mol. The third kappa shape index (κ3) is 7.98. The van der Waals surface area contributed by atoms with Crippen LogP contribution in [0.15, 0.2) is 0 Å². The van der Waals surface area contributed by atoms with Gasteiger partial charge in [0, 0.05) is 12.0 Å². The van der Waals surface area contributed by atoms with Crippen molar-refractivity contribution in [1.82, 2.24) is 0 Å². The van der Waals surface area contributed by atoms with Crippen molar-refractivity contribution in [2.45, 2.75) is 31.9 Å². The molecule has 0 N–H and O–H groups in total. The molecule has 1 atom stereocenters. The van der Waals surface area contributed by atoms with Gasteiger partial charge in [0.1, 0.15) is 15.1 Å². The van der Waals surface area contributed by atoms with E-state index in [1.165, 1.54) is 18.0 Å². The van der Waals surface area contributed by atoms with E-state index in [2.05, 4.69) is 0 Å². The monoisotopic (exact) mass is 268 g/mol. The number of rotatable bonds is 8. The maximum atomic E-state index is 11.5. The van der Waals surface area contributed by atoms with Crippen LogP contribution >= 0.6 is 11.8 Å². The second-order valence-corrected chi connectivity index (χ2v) is 7.10. The molecule has 0 radical (unpaired) electrons. The first-order chi connectivity index (χ1) is 7.40. The predicted octanol–water partition coefficient (Wildman–Crippen LogP) is 1.50. The lowest BCUT2D eigenvalue weighted by Gasteiger charge is -2.13. The first kappa shape index (κ1) is 15.8. The summed E-state index contributed by atoms with van der Waals surface area (Å²) in [5, 5.41) is -0.230. The Labute approximate surface area is 102 Å². The van der Waals surface area contributed by atoms with Crippen LogP contribution in [-0.2, 0) is 19.4 Å². The first-order valence-corrected chi connectivity index (χ1v) is 8.47. The Morgan fingerprint density at radius 1 is 1.38 bits per heavy atom. The van der Waals surface area contributed by atoms with E-state index in [0.29, 0.717) is 12.4 Å². The van der Waals surface area contributed by atoms with Crippen molar-refractivity contribution in [2.75, 3.05) is 24.4 Å². The Morgan fingerprint density at radius 2 is 2.00 bits per heavy atom. The zero-order valence-corrected chi connectivity index (χ0v) is 11.7. The molecule has 1 unspecified atom stereocenters. The van der Waals surface area contributed by atoms with Gasteiger partial charge in [0.05, 0.1) is 12.4 Å². The maximum Gasteiger partial charge on any atom is 0.319 e. The van der Waals surface area contributed by atoms with E-state index in [4.69, 9.17) is 4.74 Å². The summed E-state index contributed by atoms with van der Waals surface area (Å²) >= 11 is 1.37. The number of hydrogen-bond donors (Lipinski definition) is 0.